The first-order chi connectivity index (χ1) is 26.1. The normalized spacial score (nSPS) is 27.6. The third-order valence-electron chi connectivity index (χ3n) is 13.0. The van der Waals surface area contributed by atoms with Gasteiger partial charge in [0.1, 0.15) is 39.6 Å². The Hall–Kier alpha value is -3.91. The van der Waals surface area contributed by atoms with Gasteiger partial charge in [-0.25, -0.2) is 13.8 Å². The van der Waals surface area contributed by atoms with E-state index in [1.807, 2.05) is 4.90 Å². The fourth-order valence-electron chi connectivity index (χ4n) is 10.4. The van der Waals surface area contributed by atoms with Crippen LogP contribution in [0.1, 0.15) is 64.7 Å². The first kappa shape index (κ1) is 35.8. The van der Waals surface area contributed by atoms with Gasteiger partial charge < -0.3 is 34.1 Å². The SMILES string of the molecule is COc1nc(-c2cc(O)cc3cccc(F)c23)c(F)c2nc(OCC34CCCC3N(C3CC5(CCOCC5)C3)CCC4)nc(N3CCOC[C@@](C)(O)C3)c12. The maximum absolute atomic E-state index is 17.2. The number of β-amino-alcohol motifs (C(OH)–C–C–N with tert-alkyl or cyclic N) is 1. The van der Waals surface area contributed by atoms with Crippen molar-refractivity contribution in [2.75, 3.05) is 64.7 Å². The summed E-state index contributed by atoms with van der Waals surface area (Å²) in [6.45, 7) is 5.84. The van der Waals surface area contributed by atoms with Crippen molar-refractivity contribution in [3.63, 3.8) is 0 Å². The Labute approximate surface area is 313 Å². The lowest BCUT2D eigenvalue weighted by Gasteiger charge is -2.58. The van der Waals surface area contributed by atoms with Gasteiger partial charge in [0.05, 0.1) is 33.5 Å². The van der Waals surface area contributed by atoms with Crippen LogP contribution in [0.3, 0.4) is 0 Å². The maximum Gasteiger partial charge on any atom is 0.319 e. The third-order valence-corrected chi connectivity index (χ3v) is 13.0. The Morgan fingerprint density at radius 2 is 1.78 bits per heavy atom. The van der Waals surface area contributed by atoms with Crippen LogP contribution in [0.25, 0.3) is 32.9 Å². The molecule has 288 valence electrons. The Balaban J connectivity index is 1.11. The largest absolute Gasteiger partial charge is 0.508 e. The fourth-order valence-corrected chi connectivity index (χ4v) is 10.4. The van der Waals surface area contributed by atoms with Crippen LogP contribution in [0, 0.1) is 22.5 Å². The molecule has 3 aliphatic heterocycles. The van der Waals surface area contributed by atoms with Crippen molar-refractivity contribution in [3.05, 3.63) is 42.0 Å². The number of fused-ring (bicyclic) bond motifs is 3. The molecule has 0 bridgehead atoms. The monoisotopic (exact) mass is 745 g/mol. The van der Waals surface area contributed by atoms with Crippen molar-refractivity contribution in [2.45, 2.75) is 82.4 Å². The summed E-state index contributed by atoms with van der Waals surface area (Å²) in [5.74, 6) is -1.27. The second-order valence-electron chi connectivity index (χ2n) is 16.7. The lowest BCUT2D eigenvalue weighted by molar-refractivity contribution is -0.112. The average molecular weight is 746 g/mol. The second kappa shape index (κ2) is 13.7. The van der Waals surface area contributed by atoms with Gasteiger partial charge in [0.25, 0.3) is 0 Å². The number of rotatable bonds is 7. The summed E-state index contributed by atoms with van der Waals surface area (Å²) in [6.07, 6.45) is 10.2. The summed E-state index contributed by atoms with van der Waals surface area (Å²) < 4.78 is 56.4. The number of hydrogen-bond donors (Lipinski definition) is 2. The number of halogens is 2. The molecule has 3 saturated heterocycles. The molecule has 2 saturated carbocycles. The predicted molar refractivity (Wildman–Crippen MR) is 199 cm³/mol. The third kappa shape index (κ3) is 6.21. The van der Waals surface area contributed by atoms with E-state index in [0.717, 1.165) is 64.7 Å². The number of aliphatic hydroxyl groups is 1. The molecule has 9 rings (SSSR count). The number of piperidine rings is 1. The number of methoxy groups -OCH3 is 1. The van der Waals surface area contributed by atoms with Crippen LogP contribution in [0.4, 0.5) is 14.6 Å². The Bertz CT molecular complexity index is 2070. The predicted octanol–water partition coefficient (Wildman–Crippen LogP) is 6.40. The van der Waals surface area contributed by atoms with Gasteiger partial charge in [0, 0.05) is 48.2 Å². The van der Waals surface area contributed by atoms with Gasteiger partial charge >= 0.3 is 6.01 Å². The highest BCUT2D eigenvalue weighted by atomic mass is 19.1. The molecule has 5 heterocycles. The molecule has 5 fully saturated rings. The smallest absolute Gasteiger partial charge is 0.319 e. The number of aromatic nitrogens is 3. The van der Waals surface area contributed by atoms with Crippen LogP contribution >= 0.6 is 0 Å². The minimum atomic E-state index is -1.22. The highest BCUT2D eigenvalue weighted by molar-refractivity contribution is 6.02. The van der Waals surface area contributed by atoms with Crippen LogP contribution < -0.4 is 14.4 Å². The van der Waals surface area contributed by atoms with E-state index in [1.165, 1.54) is 44.2 Å². The molecule has 2 aliphatic carbocycles. The number of anilines is 1. The number of hydrogen-bond acceptors (Lipinski definition) is 11. The molecule has 13 heteroatoms. The van der Waals surface area contributed by atoms with E-state index in [9.17, 15) is 10.2 Å². The molecule has 54 heavy (non-hydrogen) atoms. The molecule has 2 aromatic carbocycles. The molecule has 2 aromatic heterocycles. The quantitative estimate of drug-likeness (QED) is 0.219. The molecule has 4 aromatic rings. The van der Waals surface area contributed by atoms with Crippen LogP contribution in [-0.4, -0.2) is 108 Å². The van der Waals surface area contributed by atoms with Gasteiger partial charge in [-0.15, -0.1) is 0 Å². The number of aromatic hydroxyl groups is 1. The van der Waals surface area contributed by atoms with E-state index in [4.69, 9.17) is 28.9 Å². The van der Waals surface area contributed by atoms with E-state index >= 15 is 8.78 Å². The van der Waals surface area contributed by atoms with E-state index < -0.39 is 17.2 Å². The Kier molecular flexibility index (Phi) is 9.06. The Morgan fingerprint density at radius 3 is 2.59 bits per heavy atom. The van der Waals surface area contributed by atoms with Crippen molar-refractivity contribution in [2.24, 2.45) is 10.8 Å². The number of nitrogens with zero attached hydrogens (tertiary/aromatic N) is 5. The molecular formula is C41H49F2N5O6. The summed E-state index contributed by atoms with van der Waals surface area (Å²) in [4.78, 5) is 18.8. The molecular weight excluding hydrogens is 696 g/mol. The lowest BCUT2D eigenvalue weighted by Crippen LogP contribution is -2.61. The topological polar surface area (TPSA) is 123 Å². The second-order valence-corrected chi connectivity index (χ2v) is 16.7. The zero-order valence-electron chi connectivity index (χ0n) is 31.1. The number of phenolic OH excluding ortho intramolecular Hbond substituents is 1. The standard InChI is InChI=1S/C41H49F2N5O6/c1-39(50)22-47(14-17-53-23-39)36-32-35(33(43)34(44-37(32)51-2)28-19-27(49)18-25-6-3-7-29(42)31(25)28)45-38(46-36)54-24-41-9-4-8-30(41)48(13-5-10-41)26-20-40(21-26)11-15-52-16-12-40/h3,6-7,18-19,26,30,49-50H,4-5,8-17,20-24H2,1-2H3/t30?,39-,41?/m0/s1. The van der Waals surface area contributed by atoms with Crippen LogP contribution in [-0.2, 0) is 9.47 Å². The highest BCUT2D eigenvalue weighted by Gasteiger charge is 2.55. The van der Waals surface area contributed by atoms with E-state index in [2.05, 4.69) is 9.88 Å². The number of likely N-dealkylation sites (tertiary alicyclic amines) is 1. The van der Waals surface area contributed by atoms with Gasteiger partial charge in [-0.05, 0) is 93.8 Å². The zero-order chi connectivity index (χ0) is 37.2. The van der Waals surface area contributed by atoms with Crippen molar-refractivity contribution in [3.8, 4) is 28.9 Å². The summed E-state index contributed by atoms with van der Waals surface area (Å²) in [6, 6.07) is 8.17. The summed E-state index contributed by atoms with van der Waals surface area (Å²) >= 11 is 0. The van der Waals surface area contributed by atoms with Crippen molar-refractivity contribution >= 4 is 27.5 Å². The van der Waals surface area contributed by atoms with E-state index in [1.54, 1.807) is 13.0 Å². The summed E-state index contributed by atoms with van der Waals surface area (Å²) in [7, 11) is 1.42. The molecule has 1 spiro atoms. The average Bonchev–Trinajstić information content (AvgIpc) is 3.50. The van der Waals surface area contributed by atoms with Crippen LogP contribution in [0.5, 0.6) is 17.6 Å². The van der Waals surface area contributed by atoms with E-state index in [0.29, 0.717) is 48.5 Å². The van der Waals surface area contributed by atoms with Crippen molar-refractivity contribution < 1.29 is 37.9 Å². The highest BCUT2D eigenvalue weighted by Crippen LogP contribution is 2.56. The van der Waals surface area contributed by atoms with Crippen LogP contribution in [0.15, 0.2) is 30.3 Å². The maximum atomic E-state index is 17.2. The zero-order valence-corrected chi connectivity index (χ0v) is 31.1. The minimum Gasteiger partial charge on any atom is -0.508 e. The van der Waals surface area contributed by atoms with Gasteiger partial charge in [-0.2, -0.15) is 9.97 Å². The molecule has 0 amide bonds. The van der Waals surface area contributed by atoms with Gasteiger partial charge in [0.2, 0.25) is 5.88 Å². The van der Waals surface area contributed by atoms with Gasteiger partial charge in [-0.3, -0.25) is 4.90 Å². The molecule has 3 atom stereocenters. The van der Waals surface area contributed by atoms with E-state index in [-0.39, 0.29) is 63.8 Å². The molecule has 11 nitrogen and oxygen atoms in total. The fraction of sp³-hybridized carbons (Fsp3) is 0.585. The van der Waals surface area contributed by atoms with Gasteiger partial charge in [0.15, 0.2) is 5.82 Å². The molecule has 0 radical (unpaired) electrons. The summed E-state index contributed by atoms with van der Waals surface area (Å²) in [5, 5.41) is 22.5. The van der Waals surface area contributed by atoms with Crippen molar-refractivity contribution in [1.29, 1.82) is 0 Å². The number of benzene rings is 2. The molecule has 2 unspecified atom stereocenters. The van der Waals surface area contributed by atoms with Crippen molar-refractivity contribution in [1.82, 2.24) is 19.9 Å². The summed E-state index contributed by atoms with van der Waals surface area (Å²) in [5.41, 5.74) is -1.15. The van der Waals surface area contributed by atoms with Crippen LogP contribution in [0.2, 0.25) is 0 Å². The molecule has 5 aliphatic rings. The first-order valence-electron chi connectivity index (χ1n) is 19.5. The number of ether oxygens (including phenoxy) is 4. The molecule has 2 N–H and O–H groups in total. The first-order valence-corrected chi connectivity index (χ1v) is 19.5. The van der Waals surface area contributed by atoms with Gasteiger partial charge in [-0.1, -0.05) is 18.6 Å². The Morgan fingerprint density at radius 1 is 0.963 bits per heavy atom. The number of pyridine rings is 1. The lowest BCUT2D eigenvalue weighted by atomic mass is 9.60. The minimum absolute atomic E-state index is 0.00862. The number of phenols is 1.